The first-order valence-corrected chi connectivity index (χ1v) is 7.65. The molecule has 2 N–H and O–H groups in total. The number of aliphatic hydroxyl groups excluding tert-OH is 2. The minimum atomic E-state index is -0.214. The molecule has 1 fully saturated rings. The molecule has 5 heteroatoms. The van der Waals surface area contributed by atoms with Gasteiger partial charge in [-0.25, -0.2) is 0 Å². The highest BCUT2D eigenvalue weighted by Gasteiger charge is 2.31. The first kappa shape index (κ1) is 15.5. The smallest absolute Gasteiger partial charge is 0.104 e. The fraction of sp³-hybridized carbons (Fsp3) is 0.600. The minimum absolute atomic E-state index is 0.101. The van der Waals surface area contributed by atoms with E-state index in [4.69, 9.17) is 5.11 Å². The molecule has 0 spiro atoms. The second-order valence-electron chi connectivity index (χ2n) is 5.46. The second-order valence-corrected chi connectivity index (χ2v) is 6.63. The van der Waals surface area contributed by atoms with E-state index >= 15 is 0 Å². The van der Waals surface area contributed by atoms with Crippen LogP contribution in [-0.4, -0.2) is 66.0 Å². The average Bonchev–Trinajstić information content (AvgIpc) is 2.94. The molecular weight excluding hydrogens is 272 g/mol. The summed E-state index contributed by atoms with van der Waals surface area (Å²) in [5, 5.41) is 18.6. The maximum absolute atomic E-state index is 9.88. The van der Waals surface area contributed by atoms with E-state index < -0.39 is 0 Å². The van der Waals surface area contributed by atoms with Crippen LogP contribution in [-0.2, 0) is 6.54 Å². The SMILES string of the molecule is CN(C)CC1CC(O)CN1Cc1ccc(C#CCO)s1. The molecule has 0 amide bonds. The summed E-state index contributed by atoms with van der Waals surface area (Å²) in [5.74, 6) is 5.60. The molecule has 1 aliphatic heterocycles. The van der Waals surface area contributed by atoms with Crippen molar-refractivity contribution in [3.8, 4) is 11.8 Å². The van der Waals surface area contributed by atoms with E-state index in [2.05, 4.69) is 41.8 Å². The summed E-state index contributed by atoms with van der Waals surface area (Å²) in [5.41, 5.74) is 0. The Kier molecular flexibility index (Phi) is 5.58. The summed E-state index contributed by atoms with van der Waals surface area (Å²) >= 11 is 1.66. The molecule has 20 heavy (non-hydrogen) atoms. The van der Waals surface area contributed by atoms with Gasteiger partial charge in [-0.1, -0.05) is 11.8 Å². The van der Waals surface area contributed by atoms with Crippen LogP contribution >= 0.6 is 11.3 Å². The third-order valence-electron chi connectivity index (χ3n) is 3.39. The predicted octanol–water partition coefficient (Wildman–Crippen LogP) is 0.589. The first-order valence-electron chi connectivity index (χ1n) is 6.83. The van der Waals surface area contributed by atoms with E-state index in [9.17, 15) is 5.11 Å². The monoisotopic (exact) mass is 294 g/mol. The van der Waals surface area contributed by atoms with Gasteiger partial charge in [-0.15, -0.1) is 11.3 Å². The molecule has 2 atom stereocenters. The quantitative estimate of drug-likeness (QED) is 0.798. The van der Waals surface area contributed by atoms with E-state index in [0.717, 1.165) is 30.9 Å². The summed E-state index contributed by atoms with van der Waals surface area (Å²) in [7, 11) is 4.13. The lowest BCUT2D eigenvalue weighted by Gasteiger charge is -2.26. The van der Waals surface area contributed by atoms with E-state index in [1.807, 2.05) is 6.07 Å². The van der Waals surface area contributed by atoms with Gasteiger partial charge in [0, 0.05) is 30.6 Å². The number of hydrogen-bond acceptors (Lipinski definition) is 5. The Morgan fingerprint density at radius 2 is 2.25 bits per heavy atom. The zero-order chi connectivity index (χ0) is 14.5. The van der Waals surface area contributed by atoms with Gasteiger partial charge >= 0.3 is 0 Å². The van der Waals surface area contributed by atoms with Crippen LogP contribution in [0.15, 0.2) is 12.1 Å². The molecule has 0 bridgehead atoms. The molecule has 0 radical (unpaired) electrons. The average molecular weight is 294 g/mol. The van der Waals surface area contributed by atoms with Gasteiger partial charge in [0.15, 0.2) is 0 Å². The normalized spacial score (nSPS) is 23.1. The van der Waals surface area contributed by atoms with Crippen molar-refractivity contribution in [3.63, 3.8) is 0 Å². The Hall–Kier alpha value is -0.900. The van der Waals surface area contributed by atoms with E-state index in [0.29, 0.717) is 6.04 Å². The summed E-state index contributed by atoms with van der Waals surface area (Å²) in [6, 6.07) is 4.49. The van der Waals surface area contributed by atoms with Gasteiger partial charge in [-0.3, -0.25) is 4.90 Å². The molecule has 110 valence electrons. The van der Waals surface area contributed by atoms with Gasteiger partial charge in [0.2, 0.25) is 0 Å². The molecule has 2 unspecified atom stereocenters. The molecule has 1 aromatic rings. The summed E-state index contributed by atoms with van der Waals surface area (Å²) in [6.45, 7) is 2.48. The van der Waals surface area contributed by atoms with Crippen molar-refractivity contribution in [1.82, 2.24) is 9.80 Å². The van der Waals surface area contributed by atoms with Crippen molar-refractivity contribution < 1.29 is 10.2 Å². The highest BCUT2D eigenvalue weighted by molar-refractivity contribution is 7.12. The van der Waals surface area contributed by atoms with Crippen LogP contribution in [0.4, 0.5) is 0 Å². The molecule has 0 saturated carbocycles. The van der Waals surface area contributed by atoms with Gasteiger partial charge in [-0.05, 0) is 32.6 Å². The van der Waals surface area contributed by atoms with E-state index in [1.165, 1.54) is 4.88 Å². The number of thiophene rings is 1. The summed E-state index contributed by atoms with van der Waals surface area (Å²) < 4.78 is 0. The van der Waals surface area contributed by atoms with Crippen LogP contribution < -0.4 is 0 Å². The largest absolute Gasteiger partial charge is 0.392 e. The van der Waals surface area contributed by atoms with Crippen molar-refractivity contribution in [2.45, 2.75) is 25.1 Å². The zero-order valence-electron chi connectivity index (χ0n) is 12.0. The lowest BCUT2D eigenvalue weighted by molar-refractivity contribution is 0.170. The third kappa shape index (κ3) is 4.30. The number of nitrogens with zero attached hydrogens (tertiary/aromatic N) is 2. The molecule has 0 aromatic carbocycles. The van der Waals surface area contributed by atoms with Crippen LogP contribution in [0.1, 0.15) is 16.2 Å². The topological polar surface area (TPSA) is 46.9 Å². The van der Waals surface area contributed by atoms with Crippen LogP contribution in [0.25, 0.3) is 0 Å². The van der Waals surface area contributed by atoms with Gasteiger partial charge < -0.3 is 15.1 Å². The predicted molar refractivity (Wildman–Crippen MR) is 81.7 cm³/mol. The molecular formula is C15H22N2O2S. The Morgan fingerprint density at radius 1 is 1.45 bits per heavy atom. The van der Waals surface area contributed by atoms with Crippen LogP contribution in [0.2, 0.25) is 0 Å². The van der Waals surface area contributed by atoms with Crippen LogP contribution in [0.5, 0.6) is 0 Å². The number of rotatable bonds is 4. The standard InChI is InChI=1S/C15H22N2O2S/c1-16(2)9-12-8-13(19)10-17(12)11-15-6-5-14(20-15)4-3-7-18/h5-6,12-13,18-19H,7-11H2,1-2H3. The maximum Gasteiger partial charge on any atom is 0.104 e. The number of aliphatic hydroxyl groups is 2. The molecule has 2 heterocycles. The molecule has 0 aliphatic carbocycles. The lowest BCUT2D eigenvalue weighted by Crippen LogP contribution is -2.36. The summed E-state index contributed by atoms with van der Waals surface area (Å²) in [4.78, 5) is 6.75. The molecule has 1 saturated heterocycles. The maximum atomic E-state index is 9.88. The van der Waals surface area contributed by atoms with E-state index in [1.54, 1.807) is 11.3 Å². The molecule has 2 rings (SSSR count). The highest BCUT2D eigenvalue weighted by atomic mass is 32.1. The minimum Gasteiger partial charge on any atom is -0.392 e. The first-order chi connectivity index (χ1) is 9.58. The molecule has 4 nitrogen and oxygen atoms in total. The fourth-order valence-corrected chi connectivity index (χ4v) is 3.53. The lowest BCUT2D eigenvalue weighted by atomic mass is 10.2. The zero-order valence-corrected chi connectivity index (χ0v) is 12.9. The number of β-amino-alcohol motifs (C(OH)–C–C–N with tert-alkyl or cyclic N) is 1. The van der Waals surface area contributed by atoms with E-state index in [-0.39, 0.29) is 12.7 Å². The fourth-order valence-electron chi connectivity index (χ4n) is 2.62. The second kappa shape index (κ2) is 7.21. The Labute approximate surface area is 124 Å². The van der Waals surface area contributed by atoms with Gasteiger partial charge in [-0.2, -0.15) is 0 Å². The van der Waals surface area contributed by atoms with Crippen molar-refractivity contribution in [2.24, 2.45) is 0 Å². The Morgan fingerprint density at radius 3 is 2.95 bits per heavy atom. The van der Waals surface area contributed by atoms with Crippen molar-refractivity contribution >= 4 is 11.3 Å². The Bertz CT molecular complexity index is 490. The highest BCUT2D eigenvalue weighted by Crippen LogP contribution is 2.24. The van der Waals surface area contributed by atoms with Gasteiger partial charge in [0.25, 0.3) is 0 Å². The molecule has 1 aromatic heterocycles. The van der Waals surface area contributed by atoms with Gasteiger partial charge in [0.05, 0.1) is 11.0 Å². The summed E-state index contributed by atoms with van der Waals surface area (Å²) in [6.07, 6.45) is 0.634. The Balaban J connectivity index is 1.98. The number of hydrogen-bond donors (Lipinski definition) is 2. The van der Waals surface area contributed by atoms with Crippen LogP contribution in [0, 0.1) is 11.8 Å². The van der Waals surface area contributed by atoms with Crippen molar-refractivity contribution in [3.05, 3.63) is 21.9 Å². The van der Waals surface area contributed by atoms with Crippen molar-refractivity contribution in [1.29, 1.82) is 0 Å². The molecule has 1 aliphatic rings. The third-order valence-corrected chi connectivity index (χ3v) is 4.38. The van der Waals surface area contributed by atoms with Gasteiger partial charge in [0.1, 0.15) is 6.61 Å². The number of likely N-dealkylation sites (N-methyl/N-ethyl adjacent to an activating group) is 1. The van der Waals surface area contributed by atoms with Crippen molar-refractivity contribution in [2.75, 3.05) is 33.8 Å². The van der Waals surface area contributed by atoms with Crippen LogP contribution in [0.3, 0.4) is 0 Å². The number of likely N-dealkylation sites (tertiary alicyclic amines) is 1.